The number of rotatable bonds is 5. The van der Waals surface area contributed by atoms with Gasteiger partial charge >= 0.3 is 0 Å². The molecule has 0 amide bonds. The number of aliphatic imine (C=N–C) groups is 3. The number of benzene rings is 1. The van der Waals surface area contributed by atoms with E-state index in [0.29, 0.717) is 29.4 Å². The molecule has 0 aliphatic carbocycles. The lowest BCUT2D eigenvalue weighted by atomic mass is 9.94. The van der Waals surface area contributed by atoms with Crippen molar-refractivity contribution in [2.45, 2.75) is 43.0 Å². The third-order valence-corrected chi connectivity index (χ3v) is 5.49. The molecule has 0 aromatic heterocycles. The topological polar surface area (TPSA) is 136 Å². The highest BCUT2D eigenvalue weighted by Crippen LogP contribution is 2.30. The first-order valence-electron chi connectivity index (χ1n) is 9.02. The Hall–Kier alpha value is -1.88. The zero-order valence-electron chi connectivity index (χ0n) is 15.0. The summed E-state index contributed by atoms with van der Waals surface area (Å²) in [5.74, 6) is 0.457. The maximum absolute atomic E-state index is 10.3. The van der Waals surface area contributed by atoms with Gasteiger partial charge in [-0.1, -0.05) is 23.7 Å². The first-order valence-corrected chi connectivity index (χ1v) is 9.40. The average Bonchev–Trinajstić information content (AvgIpc) is 3.23. The van der Waals surface area contributed by atoms with Crippen LogP contribution in [0.1, 0.15) is 12.0 Å². The van der Waals surface area contributed by atoms with Gasteiger partial charge in [0.15, 0.2) is 17.7 Å². The first kappa shape index (κ1) is 19.4. The van der Waals surface area contributed by atoms with E-state index >= 15 is 0 Å². The van der Waals surface area contributed by atoms with E-state index in [2.05, 4.69) is 15.0 Å². The van der Waals surface area contributed by atoms with E-state index in [-0.39, 0.29) is 6.67 Å². The van der Waals surface area contributed by atoms with E-state index < -0.39 is 36.8 Å². The van der Waals surface area contributed by atoms with E-state index in [0.717, 1.165) is 5.56 Å². The van der Waals surface area contributed by atoms with Crippen molar-refractivity contribution in [1.82, 2.24) is 4.90 Å². The molecule has 0 radical (unpaired) electrons. The Morgan fingerprint density at radius 3 is 2.86 bits per heavy atom. The van der Waals surface area contributed by atoms with Gasteiger partial charge in [0.1, 0.15) is 37.0 Å². The molecule has 5 N–H and O–H groups in total. The number of fused-ring (bicyclic) bond motifs is 1. The van der Waals surface area contributed by atoms with Crippen LogP contribution in [0.5, 0.6) is 0 Å². The fourth-order valence-corrected chi connectivity index (χ4v) is 3.90. The molecule has 1 saturated heterocycles. The summed E-state index contributed by atoms with van der Waals surface area (Å²) in [4.78, 5) is 14.7. The zero-order chi connectivity index (χ0) is 19.9. The summed E-state index contributed by atoms with van der Waals surface area (Å²) in [6.07, 6.45) is -1.62. The summed E-state index contributed by atoms with van der Waals surface area (Å²) < 4.78 is 5.60. The Morgan fingerprint density at radius 1 is 1.32 bits per heavy atom. The molecule has 0 saturated carbocycles. The van der Waals surface area contributed by atoms with Crippen LogP contribution in [0.3, 0.4) is 0 Å². The highest BCUT2D eigenvalue weighted by atomic mass is 35.5. The maximum Gasteiger partial charge on any atom is 0.162 e. The molecule has 0 spiro atoms. The molecule has 28 heavy (non-hydrogen) atoms. The van der Waals surface area contributed by atoms with E-state index in [4.69, 9.17) is 22.1 Å². The third-order valence-electron chi connectivity index (χ3n) is 5.25. The minimum atomic E-state index is -1.20. The van der Waals surface area contributed by atoms with Gasteiger partial charge in [0, 0.05) is 5.02 Å². The predicted octanol–water partition coefficient (Wildman–Crippen LogP) is -0.479. The van der Waals surface area contributed by atoms with Crippen molar-refractivity contribution in [2.24, 2.45) is 20.7 Å². The van der Waals surface area contributed by atoms with Crippen LogP contribution < -0.4 is 5.73 Å². The maximum atomic E-state index is 10.3. The van der Waals surface area contributed by atoms with Crippen molar-refractivity contribution >= 4 is 29.5 Å². The lowest BCUT2D eigenvalue weighted by Crippen LogP contribution is -2.55. The number of ether oxygens (including phenoxy) is 1. The van der Waals surface area contributed by atoms with Crippen molar-refractivity contribution in [3.8, 4) is 0 Å². The quantitative estimate of drug-likeness (QED) is 0.520. The molecule has 3 aliphatic heterocycles. The Morgan fingerprint density at radius 2 is 2.14 bits per heavy atom. The summed E-state index contributed by atoms with van der Waals surface area (Å²) in [5, 5.41) is 30.3. The molecule has 10 heteroatoms. The number of hydrogen-bond donors (Lipinski definition) is 4. The standard InChI is InChI=1S/C18H22ClN5O4/c19-11-3-1-2-10(6-11)4-5-18(20)15-16(21-8-23-18)24(9-22-15)17-14(27)13(26)12(7-25)28-17/h1-3,6,8,12-14,17,25-27H,4-5,7,9,20H2/t12-,13-,14-,17-,18?/m1/s1. The number of aryl methyl sites for hydroxylation is 1. The summed E-state index contributed by atoms with van der Waals surface area (Å²) in [6.45, 7) is -0.231. The Kier molecular flexibility index (Phi) is 5.21. The number of aliphatic hydroxyl groups is 3. The fraction of sp³-hybridized carbons (Fsp3) is 0.500. The molecule has 1 unspecified atom stereocenters. The molecule has 0 bridgehead atoms. The highest BCUT2D eigenvalue weighted by molar-refractivity contribution is 6.47. The summed E-state index contributed by atoms with van der Waals surface area (Å²) in [6, 6.07) is 7.55. The lowest BCUT2D eigenvalue weighted by Gasteiger charge is -2.32. The summed E-state index contributed by atoms with van der Waals surface area (Å²) in [7, 11) is 0. The van der Waals surface area contributed by atoms with Crippen molar-refractivity contribution < 1.29 is 20.1 Å². The van der Waals surface area contributed by atoms with Gasteiger partial charge in [-0.15, -0.1) is 0 Å². The van der Waals surface area contributed by atoms with E-state index in [1.165, 1.54) is 6.34 Å². The van der Waals surface area contributed by atoms with Gasteiger partial charge in [0.25, 0.3) is 0 Å². The Labute approximate surface area is 166 Å². The van der Waals surface area contributed by atoms with Gasteiger partial charge in [-0.25, -0.2) is 9.98 Å². The zero-order valence-corrected chi connectivity index (χ0v) is 15.8. The second-order valence-corrected chi connectivity index (χ2v) is 7.53. The molecule has 1 aromatic carbocycles. The molecule has 5 atom stereocenters. The Balaban J connectivity index is 1.50. The van der Waals surface area contributed by atoms with Crippen LogP contribution in [0.2, 0.25) is 5.02 Å². The molecule has 1 aromatic rings. The van der Waals surface area contributed by atoms with E-state index in [1.54, 1.807) is 4.90 Å². The second-order valence-electron chi connectivity index (χ2n) is 7.10. The molecule has 150 valence electrons. The smallest absolute Gasteiger partial charge is 0.162 e. The normalized spacial score (nSPS) is 34.4. The molecule has 3 aliphatic rings. The van der Waals surface area contributed by atoms with E-state index in [1.807, 2.05) is 24.3 Å². The van der Waals surface area contributed by atoms with Crippen LogP contribution in [0, 0.1) is 0 Å². The second kappa shape index (κ2) is 7.51. The van der Waals surface area contributed by atoms with Gasteiger partial charge in [0.2, 0.25) is 0 Å². The fourth-order valence-electron chi connectivity index (χ4n) is 3.68. The minimum Gasteiger partial charge on any atom is -0.394 e. The predicted molar refractivity (Wildman–Crippen MR) is 105 cm³/mol. The lowest BCUT2D eigenvalue weighted by molar-refractivity contribution is -0.0688. The van der Waals surface area contributed by atoms with Crippen LogP contribution in [-0.4, -0.2) is 81.6 Å². The van der Waals surface area contributed by atoms with Crippen LogP contribution >= 0.6 is 11.6 Å². The van der Waals surface area contributed by atoms with Gasteiger partial charge in [-0.05, 0) is 30.5 Å². The van der Waals surface area contributed by atoms with Gasteiger partial charge in [0.05, 0.1) is 6.61 Å². The van der Waals surface area contributed by atoms with Gasteiger partial charge in [-0.2, -0.15) is 0 Å². The van der Waals surface area contributed by atoms with Gasteiger partial charge < -0.3 is 30.7 Å². The van der Waals surface area contributed by atoms with Crippen LogP contribution in [0.15, 0.2) is 39.2 Å². The molecular formula is C18H22ClN5O4. The highest BCUT2D eigenvalue weighted by Gasteiger charge is 2.50. The van der Waals surface area contributed by atoms with Gasteiger partial charge in [-0.3, -0.25) is 4.99 Å². The van der Waals surface area contributed by atoms with Crippen molar-refractivity contribution in [3.63, 3.8) is 0 Å². The first-order chi connectivity index (χ1) is 13.4. The third kappa shape index (κ3) is 3.34. The number of aliphatic hydroxyl groups excluding tert-OH is 3. The van der Waals surface area contributed by atoms with Crippen LogP contribution in [0.25, 0.3) is 0 Å². The van der Waals surface area contributed by atoms with Crippen molar-refractivity contribution in [2.75, 3.05) is 13.3 Å². The molecule has 3 heterocycles. The SMILES string of the molecule is NC1(CCc2cccc(Cl)c2)N=CN=C2C1=NCN2[C@@H]1O[C@H](CO)[C@@H](O)[C@H]1O. The van der Waals surface area contributed by atoms with Crippen LogP contribution in [0.4, 0.5) is 0 Å². The molecule has 1 fully saturated rings. The summed E-state index contributed by atoms with van der Waals surface area (Å²) in [5.41, 5.74) is 7.03. The number of nitrogens with two attached hydrogens (primary N) is 1. The number of halogens is 1. The number of nitrogens with zero attached hydrogens (tertiary/aromatic N) is 4. The number of amidine groups is 1. The van der Waals surface area contributed by atoms with Crippen molar-refractivity contribution in [3.05, 3.63) is 34.9 Å². The van der Waals surface area contributed by atoms with E-state index in [9.17, 15) is 15.3 Å². The largest absolute Gasteiger partial charge is 0.394 e. The average molecular weight is 408 g/mol. The van der Waals surface area contributed by atoms with Crippen molar-refractivity contribution in [1.29, 1.82) is 0 Å². The minimum absolute atomic E-state index is 0.167. The molecule has 9 nitrogen and oxygen atoms in total. The number of hydrogen-bond acceptors (Lipinski definition) is 9. The Bertz CT molecular complexity index is 847. The molecule has 4 rings (SSSR count). The summed E-state index contributed by atoms with van der Waals surface area (Å²) >= 11 is 6.04. The van der Waals surface area contributed by atoms with Crippen LogP contribution in [-0.2, 0) is 11.2 Å². The monoisotopic (exact) mass is 407 g/mol. The molecular weight excluding hydrogens is 386 g/mol.